The second-order valence-electron chi connectivity index (χ2n) is 6.76. The van der Waals surface area contributed by atoms with Crippen molar-refractivity contribution in [1.82, 2.24) is 10.1 Å². The van der Waals surface area contributed by atoms with Crippen LogP contribution in [0, 0.1) is 5.41 Å². The summed E-state index contributed by atoms with van der Waals surface area (Å²) < 4.78 is 16.8. The maximum atomic E-state index is 5.99. The number of nitrogens with two attached hydrogens (primary N) is 1. The molecule has 120 valence electrons. The predicted octanol–water partition coefficient (Wildman–Crippen LogP) is 2.20. The van der Waals surface area contributed by atoms with Crippen molar-refractivity contribution in [3.05, 3.63) is 11.7 Å². The monoisotopic (exact) mass is 297 g/mol. The van der Waals surface area contributed by atoms with E-state index < -0.39 is 0 Å². The van der Waals surface area contributed by atoms with Gasteiger partial charge in [0.1, 0.15) is 6.10 Å². The van der Waals surface area contributed by atoms with E-state index in [0.29, 0.717) is 38.1 Å². The number of aromatic nitrogens is 2. The third kappa shape index (κ3) is 3.44. The van der Waals surface area contributed by atoms with Gasteiger partial charge in [-0.2, -0.15) is 4.98 Å². The molecule has 0 saturated carbocycles. The Bertz CT molecular complexity index is 447. The van der Waals surface area contributed by atoms with E-state index in [1.165, 1.54) is 0 Å². The molecule has 0 aliphatic carbocycles. The van der Waals surface area contributed by atoms with Crippen molar-refractivity contribution < 1.29 is 14.0 Å². The molecule has 2 heterocycles. The first-order valence-electron chi connectivity index (χ1n) is 7.66. The Labute approximate surface area is 126 Å². The highest BCUT2D eigenvalue weighted by Gasteiger charge is 2.40. The molecule has 21 heavy (non-hydrogen) atoms. The summed E-state index contributed by atoms with van der Waals surface area (Å²) in [5.74, 6) is 1.23. The van der Waals surface area contributed by atoms with Crippen molar-refractivity contribution in [1.29, 1.82) is 0 Å². The molecule has 0 spiro atoms. The Morgan fingerprint density at radius 1 is 1.33 bits per heavy atom. The summed E-state index contributed by atoms with van der Waals surface area (Å²) >= 11 is 0. The van der Waals surface area contributed by atoms with E-state index in [1.807, 2.05) is 6.92 Å². The Kier molecular flexibility index (Phi) is 5.01. The van der Waals surface area contributed by atoms with Crippen molar-refractivity contribution in [3.63, 3.8) is 0 Å². The third-order valence-corrected chi connectivity index (χ3v) is 4.09. The van der Waals surface area contributed by atoms with E-state index >= 15 is 0 Å². The van der Waals surface area contributed by atoms with Crippen LogP contribution in [0.5, 0.6) is 0 Å². The van der Waals surface area contributed by atoms with E-state index in [0.717, 1.165) is 12.8 Å². The van der Waals surface area contributed by atoms with Gasteiger partial charge in [-0.25, -0.2) is 0 Å². The zero-order valence-electron chi connectivity index (χ0n) is 13.5. The number of nitrogens with zero attached hydrogens (tertiary/aromatic N) is 2. The molecule has 1 fully saturated rings. The molecule has 1 aliphatic rings. The second-order valence-corrected chi connectivity index (χ2v) is 6.76. The van der Waals surface area contributed by atoms with Crippen LogP contribution in [-0.2, 0) is 14.9 Å². The topological polar surface area (TPSA) is 83.4 Å². The minimum Gasteiger partial charge on any atom is -0.381 e. The molecule has 6 heteroatoms. The average Bonchev–Trinajstić information content (AvgIpc) is 2.94. The molecule has 1 atom stereocenters. The highest BCUT2D eigenvalue weighted by atomic mass is 16.5. The lowest BCUT2D eigenvalue weighted by atomic mass is 9.80. The zero-order chi connectivity index (χ0) is 15.5. The molecule has 1 unspecified atom stereocenters. The van der Waals surface area contributed by atoms with E-state index in [1.54, 1.807) is 0 Å². The van der Waals surface area contributed by atoms with Crippen LogP contribution in [0.3, 0.4) is 0 Å². The molecule has 1 saturated heterocycles. The number of hydrogen-bond acceptors (Lipinski definition) is 6. The maximum absolute atomic E-state index is 5.99. The van der Waals surface area contributed by atoms with Gasteiger partial charge >= 0.3 is 0 Å². The lowest BCUT2D eigenvalue weighted by Crippen LogP contribution is -2.41. The minimum atomic E-state index is -0.252. The van der Waals surface area contributed by atoms with Gasteiger partial charge in [-0.15, -0.1) is 0 Å². The molecule has 1 aliphatic heterocycles. The molecule has 0 radical (unpaired) electrons. The smallest absolute Gasteiger partial charge is 0.234 e. The van der Waals surface area contributed by atoms with Gasteiger partial charge in [0.05, 0.1) is 5.41 Å². The number of rotatable bonds is 5. The van der Waals surface area contributed by atoms with Crippen molar-refractivity contribution in [3.8, 4) is 0 Å². The molecule has 0 bridgehead atoms. The fraction of sp³-hybridized carbons (Fsp3) is 0.867. The van der Waals surface area contributed by atoms with Crippen LogP contribution in [-0.4, -0.2) is 36.5 Å². The maximum Gasteiger partial charge on any atom is 0.234 e. The van der Waals surface area contributed by atoms with Crippen LogP contribution < -0.4 is 5.73 Å². The Morgan fingerprint density at radius 3 is 2.52 bits per heavy atom. The van der Waals surface area contributed by atoms with Gasteiger partial charge in [0.2, 0.25) is 11.7 Å². The van der Waals surface area contributed by atoms with Gasteiger partial charge in [0.15, 0.2) is 0 Å². The zero-order valence-corrected chi connectivity index (χ0v) is 13.5. The van der Waals surface area contributed by atoms with Gasteiger partial charge < -0.3 is 19.7 Å². The molecule has 2 N–H and O–H groups in total. The number of hydrogen-bond donors (Lipinski definition) is 1. The molecular formula is C15H27N3O3. The fourth-order valence-corrected chi connectivity index (χ4v) is 2.70. The van der Waals surface area contributed by atoms with Gasteiger partial charge in [-0.05, 0) is 25.2 Å². The summed E-state index contributed by atoms with van der Waals surface area (Å²) in [6.07, 6.45) is 1.45. The molecule has 1 aromatic rings. The predicted molar refractivity (Wildman–Crippen MR) is 78.9 cm³/mol. The lowest BCUT2D eigenvalue weighted by molar-refractivity contribution is -0.0203. The molecule has 2 rings (SSSR count). The Balaban J connectivity index is 2.27. The first-order valence-corrected chi connectivity index (χ1v) is 7.66. The lowest BCUT2D eigenvalue weighted by Gasteiger charge is -2.32. The quantitative estimate of drug-likeness (QED) is 0.897. The van der Waals surface area contributed by atoms with Gasteiger partial charge in [0, 0.05) is 26.4 Å². The summed E-state index contributed by atoms with van der Waals surface area (Å²) in [7, 11) is 0. The minimum absolute atomic E-state index is 0.0945. The van der Waals surface area contributed by atoms with E-state index in [9.17, 15) is 0 Å². The first-order chi connectivity index (χ1) is 9.93. The SMILES string of the molecule is CCOC(c1noc(C2(CN)CCOCC2)n1)C(C)(C)C. The second kappa shape index (κ2) is 6.42. The molecule has 0 amide bonds. The van der Waals surface area contributed by atoms with Crippen LogP contribution in [0.15, 0.2) is 4.52 Å². The molecular weight excluding hydrogens is 270 g/mol. The van der Waals surface area contributed by atoms with Crippen molar-refractivity contribution >= 4 is 0 Å². The van der Waals surface area contributed by atoms with Crippen LogP contribution >= 0.6 is 0 Å². The van der Waals surface area contributed by atoms with Gasteiger partial charge in [-0.1, -0.05) is 25.9 Å². The Morgan fingerprint density at radius 2 is 2.00 bits per heavy atom. The van der Waals surface area contributed by atoms with E-state index in [2.05, 4.69) is 30.9 Å². The first kappa shape index (κ1) is 16.4. The molecule has 1 aromatic heterocycles. The normalized spacial score (nSPS) is 20.4. The van der Waals surface area contributed by atoms with Crippen LogP contribution in [0.1, 0.15) is 58.4 Å². The van der Waals surface area contributed by atoms with Gasteiger partial charge in [-0.3, -0.25) is 0 Å². The van der Waals surface area contributed by atoms with Crippen molar-refractivity contribution in [2.75, 3.05) is 26.4 Å². The summed E-state index contributed by atoms with van der Waals surface area (Å²) in [6, 6.07) is 0. The largest absolute Gasteiger partial charge is 0.381 e. The van der Waals surface area contributed by atoms with Crippen LogP contribution in [0.4, 0.5) is 0 Å². The van der Waals surface area contributed by atoms with Crippen LogP contribution in [0.25, 0.3) is 0 Å². The summed E-state index contributed by atoms with van der Waals surface area (Å²) in [5.41, 5.74) is 5.64. The summed E-state index contributed by atoms with van der Waals surface area (Å²) in [6.45, 7) is 10.8. The highest BCUT2D eigenvalue weighted by molar-refractivity contribution is 5.09. The summed E-state index contributed by atoms with van der Waals surface area (Å²) in [5, 5.41) is 4.16. The van der Waals surface area contributed by atoms with E-state index in [-0.39, 0.29) is 16.9 Å². The van der Waals surface area contributed by atoms with Crippen molar-refractivity contribution in [2.45, 2.75) is 52.1 Å². The average molecular weight is 297 g/mol. The molecule has 0 aromatic carbocycles. The van der Waals surface area contributed by atoms with E-state index in [4.69, 9.17) is 19.7 Å². The molecule has 6 nitrogen and oxygen atoms in total. The fourth-order valence-electron chi connectivity index (χ4n) is 2.70. The van der Waals surface area contributed by atoms with Crippen LogP contribution in [0.2, 0.25) is 0 Å². The van der Waals surface area contributed by atoms with Gasteiger partial charge in [0.25, 0.3) is 0 Å². The third-order valence-electron chi connectivity index (χ3n) is 4.09. The van der Waals surface area contributed by atoms with Crippen molar-refractivity contribution in [2.24, 2.45) is 11.1 Å². The summed E-state index contributed by atoms with van der Waals surface area (Å²) in [4.78, 5) is 4.62. The standard InChI is InChI=1S/C15H27N3O3/c1-5-20-11(14(2,3)4)12-17-13(21-18-12)15(10-16)6-8-19-9-7-15/h11H,5-10,16H2,1-4H3. The highest BCUT2D eigenvalue weighted by Crippen LogP contribution is 2.37. The Hall–Kier alpha value is -0.980. The number of ether oxygens (including phenoxy) is 2.